The highest BCUT2D eigenvalue weighted by Crippen LogP contribution is 2.35. The van der Waals surface area contributed by atoms with Gasteiger partial charge in [-0.2, -0.15) is 0 Å². The summed E-state index contributed by atoms with van der Waals surface area (Å²) in [4.78, 5) is 44.0. The van der Waals surface area contributed by atoms with Gasteiger partial charge in [0, 0.05) is 48.6 Å². The number of rotatable bonds is 19. The Balaban J connectivity index is 0.883. The molecule has 0 saturated carbocycles. The van der Waals surface area contributed by atoms with Gasteiger partial charge in [0.2, 0.25) is 11.8 Å². The minimum absolute atomic E-state index is 0.00441. The van der Waals surface area contributed by atoms with Gasteiger partial charge in [-0.05, 0) is 70.2 Å². The lowest BCUT2D eigenvalue weighted by atomic mass is 9.76. The van der Waals surface area contributed by atoms with E-state index >= 15 is 0 Å². The fraction of sp³-hybridized carbons (Fsp3) is 0.267. The van der Waals surface area contributed by atoms with Crippen molar-refractivity contribution in [2.45, 2.75) is 77.0 Å². The summed E-state index contributed by atoms with van der Waals surface area (Å²) < 4.78 is 0. The van der Waals surface area contributed by atoms with Crippen LogP contribution in [0.3, 0.4) is 0 Å². The zero-order valence-electron chi connectivity index (χ0n) is 40.2. The predicted molar refractivity (Wildman–Crippen MR) is 276 cm³/mol. The van der Waals surface area contributed by atoms with Crippen molar-refractivity contribution in [1.82, 2.24) is 30.6 Å². The van der Waals surface area contributed by atoms with Gasteiger partial charge in [-0.3, -0.25) is 9.59 Å². The molecule has 68 heavy (non-hydrogen) atoms. The molecule has 0 bridgehead atoms. The van der Waals surface area contributed by atoms with E-state index in [1.54, 1.807) is 0 Å². The molecular weight excluding hydrogens is 837 g/mol. The molecule has 0 saturated heterocycles. The summed E-state index contributed by atoms with van der Waals surface area (Å²) in [6, 6.07) is 58.5. The summed E-state index contributed by atoms with van der Waals surface area (Å²) in [5.74, 6) is 1.89. The number of imidazole rings is 2. The largest absolute Gasteiger partial charge is 0.355 e. The lowest BCUT2D eigenvalue weighted by molar-refractivity contribution is -0.122. The van der Waals surface area contributed by atoms with E-state index in [1.807, 2.05) is 85.2 Å². The second-order valence-corrected chi connectivity index (χ2v) is 19.3. The van der Waals surface area contributed by atoms with Crippen molar-refractivity contribution in [1.29, 1.82) is 0 Å². The van der Waals surface area contributed by atoms with Crippen LogP contribution in [0.25, 0.3) is 33.6 Å². The molecule has 2 heterocycles. The molecule has 2 amide bonds. The monoisotopic (exact) mass is 901 g/mol. The third-order valence-corrected chi connectivity index (χ3v) is 14.0. The van der Waals surface area contributed by atoms with E-state index in [0.717, 1.165) is 67.5 Å². The minimum Gasteiger partial charge on any atom is -0.355 e. The van der Waals surface area contributed by atoms with E-state index in [2.05, 4.69) is 159 Å². The highest BCUT2D eigenvalue weighted by atomic mass is 16.2. The zero-order valence-corrected chi connectivity index (χ0v) is 40.2. The van der Waals surface area contributed by atoms with Crippen molar-refractivity contribution >= 4 is 11.8 Å². The third kappa shape index (κ3) is 10.8. The van der Waals surface area contributed by atoms with Crippen LogP contribution in [0.1, 0.15) is 100 Å². The number of nitrogens with one attached hydrogen (secondary N) is 4. The van der Waals surface area contributed by atoms with Crippen LogP contribution in [0.15, 0.2) is 182 Å². The molecule has 0 aliphatic carbocycles. The number of hydrogen-bond donors (Lipinski definition) is 4. The van der Waals surface area contributed by atoms with E-state index in [9.17, 15) is 9.59 Å². The zero-order chi connectivity index (χ0) is 47.7. The van der Waals surface area contributed by atoms with Gasteiger partial charge in [-0.1, -0.05) is 198 Å². The van der Waals surface area contributed by atoms with E-state index in [4.69, 9.17) is 9.97 Å². The third-order valence-electron chi connectivity index (χ3n) is 14.0. The maximum absolute atomic E-state index is 13.6. The van der Waals surface area contributed by atoms with Crippen LogP contribution in [-0.4, -0.2) is 44.8 Å². The average molecular weight is 901 g/mol. The van der Waals surface area contributed by atoms with Crippen molar-refractivity contribution in [3.63, 3.8) is 0 Å². The Morgan fingerprint density at radius 2 is 0.721 bits per heavy atom. The van der Waals surface area contributed by atoms with Gasteiger partial charge >= 0.3 is 0 Å². The molecule has 8 rings (SSSR count). The van der Waals surface area contributed by atoms with E-state index in [0.29, 0.717) is 25.9 Å². The van der Waals surface area contributed by atoms with Crippen molar-refractivity contribution in [3.05, 3.63) is 216 Å². The summed E-state index contributed by atoms with van der Waals surface area (Å²) in [6.07, 6.45) is 4.41. The van der Waals surface area contributed by atoms with Crippen molar-refractivity contribution in [2.24, 2.45) is 11.8 Å². The van der Waals surface area contributed by atoms with E-state index < -0.39 is 0 Å². The topological polar surface area (TPSA) is 116 Å². The Morgan fingerprint density at radius 1 is 0.441 bits per heavy atom. The lowest BCUT2D eigenvalue weighted by Gasteiger charge is -2.31. The molecule has 0 spiro atoms. The molecule has 0 radical (unpaired) electrons. The van der Waals surface area contributed by atoms with Crippen LogP contribution in [0.5, 0.6) is 0 Å². The molecular formula is C60H64N6O2. The molecule has 6 aromatic carbocycles. The number of hydrogen-bond acceptors (Lipinski definition) is 4. The first-order valence-corrected chi connectivity index (χ1v) is 24.0. The number of nitrogens with zero attached hydrogens (tertiary/aromatic N) is 2. The molecule has 0 aliphatic heterocycles. The fourth-order valence-electron chi connectivity index (χ4n) is 9.38. The Labute approximate surface area is 402 Å². The number of carbonyl (C=O) groups is 2. The molecule has 0 unspecified atom stereocenters. The van der Waals surface area contributed by atoms with Gasteiger partial charge in [-0.25, -0.2) is 9.97 Å². The first-order valence-electron chi connectivity index (χ1n) is 24.0. The Morgan fingerprint density at radius 3 is 1.00 bits per heavy atom. The number of aromatic nitrogens is 4. The molecule has 4 N–H and O–H groups in total. The van der Waals surface area contributed by atoms with E-state index in [1.165, 1.54) is 0 Å². The first kappa shape index (κ1) is 47.2. The summed E-state index contributed by atoms with van der Waals surface area (Å²) in [5.41, 5.74) is 9.96. The van der Waals surface area contributed by atoms with Crippen molar-refractivity contribution in [2.75, 3.05) is 13.1 Å². The SMILES string of the molecule is CC(C)[C@H](CC(=O)NCC(C)(c1ccccc1)c1ccccc1)c1ncc(-c2ccc(-c3ccc(-c4cnc([C@@H](CC(=O)NCC(C)(c5ccccc5)c5ccccc5)C(C)C)[nH]4)cc3)cc2)[nH]1. The first-order chi connectivity index (χ1) is 32.9. The van der Waals surface area contributed by atoms with Gasteiger partial charge in [0.1, 0.15) is 11.6 Å². The van der Waals surface area contributed by atoms with Gasteiger partial charge < -0.3 is 20.6 Å². The Hall–Kier alpha value is -7.32. The molecule has 8 heteroatoms. The predicted octanol–water partition coefficient (Wildman–Crippen LogP) is 12.6. The van der Waals surface area contributed by atoms with Crippen molar-refractivity contribution < 1.29 is 9.59 Å². The van der Waals surface area contributed by atoms with Crippen LogP contribution in [0.4, 0.5) is 0 Å². The van der Waals surface area contributed by atoms with Gasteiger partial charge in [-0.15, -0.1) is 0 Å². The summed E-state index contributed by atoms with van der Waals surface area (Å²) in [6.45, 7) is 13.9. The number of aromatic amines is 2. The molecule has 2 aromatic heterocycles. The van der Waals surface area contributed by atoms with Gasteiger partial charge in [0.25, 0.3) is 0 Å². The van der Waals surface area contributed by atoms with Crippen LogP contribution in [0, 0.1) is 11.8 Å². The number of carbonyl (C=O) groups excluding carboxylic acids is 2. The van der Waals surface area contributed by atoms with Crippen LogP contribution < -0.4 is 10.6 Å². The Kier molecular flexibility index (Phi) is 14.6. The molecule has 0 fully saturated rings. The Bertz CT molecular complexity index is 2570. The number of amides is 2. The molecule has 2 atom stereocenters. The molecule has 0 aliphatic rings. The van der Waals surface area contributed by atoms with Crippen LogP contribution in [0.2, 0.25) is 0 Å². The van der Waals surface area contributed by atoms with Crippen LogP contribution >= 0.6 is 0 Å². The summed E-state index contributed by atoms with van der Waals surface area (Å²) >= 11 is 0. The maximum Gasteiger partial charge on any atom is 0.220 e. The highest BCUT2D eigenvalue weighted by molar-refractivity contribution is 5.78. The second-order valence-electron chi connectivity index (χ2n) is 19.3. The van der Waals surface area contributed by atoms with Crippen LogP contribution in [-0.2, 0) is 20.4 Å². The highest BCUT2D eigenvalue weighted by Gasteiger charge is 2.32. The molecule has 346 valence electrons. The van der Waals surface area contributed by atoms with Gasteiger partial charge in [0.05, 0.1) is 23.8 Å². The standard InChI is InChI=1S/C60H64N6O2/c1-41(2)51(35-55(67)63-39-59(5,47-19-11-7-12-20-47)48-21-13-8-14-22-48)57-61-37-53(65-57)45-31-27-43(28-32-45)44-29-33-46(34-30-44)54-38-62-58(66-54)52(42(3)4)36-56(68)64-40-60(6,49-23-15-9-16-24-49)50-25-17-10-18-26-50/h7-34,37-38,41-42,51-52H,35-36,39-40H2,1-6H3,(H,61,65)(H,62,66)(H,63,67)(H,64,68)/t51-,52-/m0/s1. The molecule has 8 aromatic rings. The number of benzene rings is 6. The van der Waals surface area contributed by atoms with Gasteiger partial charge in [0.15, 0.2) is 0 Å². The normalized spacial score (nSPS) is 12.8. The quantitative estimate of drug-likeness (QED) is 0.0647. The smallest absolute Gasteiger partial charge is 0.220 e. The second kappa shape index (κ2) is 21.1. The maximum atomic E-state index is 13.6. The van der Waals surface area contributed by atoms with Crippen molar-refractivity contribution in [3.8, 4) is 33.6 Å². The lowest BCUT2D eigenvalue weighted by Crippen LogP contribution is -2.40. The summed E-state index contributed by atoms with van der Waals surface area (Å²) in [5, 5.41) is 6.56. The van der Waals surface area contributed by atoms with E-state index in [-0.39, 0.29) is 46.3 Å². The fourth-order valence-corrected chi connectivity index (χ4v) is 9.38. The average Bonchev–Trinajstić information content (AvgIpc) is 4.08. The number of H-pyrrole nitrogens is 2. The summed E-state index contributed by atoms with van der Waals surface area (Å²) in [7, 11) is 0. The minimum atomic E-state index is -0.377. The molecule has 8 nitrogen and oxygen atoms in total.